The highest BCUT2D eigenvalue weighted by molar-refractivity contribution is 5.94. The summed E-state index contributed by atoms with van der Waals surface area (Å²) in [7, 11) is 2.58. The molecule has 1 aliphatic carbocycles. The monoisotopic (exact) mass is 214 g/mol. The molecule has 86 valence electrons. The molecular weight excluding hydrogens is 196 g/mol. The van der Waals surface area contributed by atoms with Crippen LogP contribution >= 0.6 is 0 Å². The highest BCUT2D eigenvalue weighted by Crippen LogP contribution is 2.54. The lowest BCUT2D eigenvalue weighted by atomic mass is 9.98. The van der Waals surface area contributed by atoms with E-state index in [0.717, 1.165) is 6.42 Å². The maximum absolute atomic E-state index is 11.4. The molecule has 1 fully saturated rings. The minimum absolute atomic E-state index is 0.250. The van der Waals surface area contributed by atoms with Gasteiger partial charge in [0.05, 0.1) is 14.2 Å². The first-order valence-electron chi connectivity index (χ1n) is 5.08. The molecule has 0 amide bonds. The molecule has 0 N–H and O–H groups in total. The number of rotatable bonds is 4. The number of esters is 2. The van der Waals surface area contributed by atoms with E-state index in [0.29, 0.717) is 12.3 Å². The molecule has 0 spiro atoms. The van der Waals surface area contributed by atoms with Gasteiger partial charge < -0.3 is 9.47 Å². The molecule has 1 aliphatic rings. The van der Waals surface area contributed by atoms with E-state index >= 15 is 0 Å². The lowest BCUT2D eigenvalue weighted by molar-refractivity contribution is -0.159. The van der Waals surface area contributed by atoms with Gasteiger partial charge in [0, 0.05) is 0 Å². The second-order valence-electron chi connectivity index (χ2n) is 4.72. The zero-order valence-electron chi connectivity index (χ0n) is 9.70. The van der Waals surface area contributed by atoms with Gasteiger partial charge in [0.15, 0.2) is 5.92 Å². The van der Waals surface area contributed by atoms with Crippen LogP contribution in [0.25, 0.3) is 0 Å². The van der Waals surface area contributed by atoms with Crippen LogP contribution in [-0.4, -0.2) is 26.2 Å². The van der Waals surface area contributed by atoms with E-state index in [-0.39, 0.29) is 5.41 Å². The SMILES string of the molecule is COC(=O)C(CC1CC1(C)C)C(=O)OC. The van der Waals surface area contributed by atoms with Crippen molar-refractivity contribution >= 4 is 11.9 Å². The van der Waals surface area contributed by atoms with E-state index in [4.69, 9.17) is 0 Å². The lowest BCUT2D eigenvalue weighted by Crippen LogP contribution is -2.27. The van der Waals surface area contributed by atoms with Crippen molar-refractivity contribution in [2.24, 2.45) is 17.3 Å². The zero-order chi connectivity index (χ0) is 11.6. The van der Waals surface area contributed by atoms with Crippen LogP contribution in [0.15, 0.2) is 0 Å². The normalized spacial score (nSPS) is 22.3. The summed E-state index contributed by atoms with van der Waals surface area (Å²) in [5, 5.41) is 0. The summed E-state index contributed by atoms with van der Waals surface area (Å²) in [5.74, 6) is -1.33. The Morgan fingerprint density at radius 2 is 1.67 bits per heavy atom. The Bertz CT molecular complexity index is 254. The zero-order valence-corrected chi connectivity index (χ0v) is 9.70. The largest absolute Gasteiger partial charge is 0.468 e. The fourth-order valence-corrected chi connectivity index (χ4v) is 1.84. The highest BCUT2D eigenvalue weighted by atomic mass is 16.5. The van der Waals surface area contributed by atoms with Crippen molar-refractivity contribution in [2.75, 3.05) is 14.2 Å². The van der Waals surface area contributed by atoms with Gasteiger partial charge in [-0.2, -0.15) is 0 Å². The first-order valence-corrected chi connectivity index (χ1v) is 5.08. The predicted octanol–water partition coefficient (Wildman–Crippen LogP) is 1.38. The van der Waals surface area contributed by atoms with Gasteiger partial charge in [-0.3, -0.25) is 9.59 Å². The molecule has 1 unspecified atom stereocenters. The van der Waals surface area contributed by atoms with Gasteiger partial charge in [0.2, 0.25) is 0 Å². The maximum Gasteiger partial charge on any atom is 0.320 e. The van der Waals surface area contributed by atoms with E-state index in [2.05, 4.69) is 23.3 Å². The molecular formula is C11H18O4. The summed E-state index contributed by atoms with van der Waals surface area (Å²) >= 11 is 0. The van der Waals surface area contributed by atoms with Gasteiger partial charge >= 0.3 is 11.9 Å². The Balaban J connectivity index is 2.58. The van der Waals surface area contributed by atoms with Crippen molar-refractivity contribution in [3.8, 4) is 0 Å². The van der Waals surface area contributed by atoms with Crippen LogP contribution in [0.2, 0.25) is 0 Å². The number of methoxy groups -OCH3 is 2. The van der Waals surface area contributed by atoms with Gasteiger partial charge in [-0.15, -0.1) is 0 Å². The topological polar surface area (TPSA) is 52.6 Å². The van der Waals surface area contributed by atoms with Crippen molar-refractivity contribution < 1.29 is 19.1 Å². The molecule has 0 aromatic heterocycles. The Morgan fingerprint density at radius 3 is 1.93 bits per heavy atom. The number of carbonyl (C=O) groups excluding carboxylic acids is 2. The fourth-order valence-electron chi connectivity index (χ4n) is 1.84. The minimum atomic E-state index is -0.758. The quantitative estimate of drug-likeness (QED) is 0.524. The predicted molar refractivity (Wildman–Crippen MR) is 54.0 cm³/mol. The molecule has 4 heteroatoms. The smallest absolute Gasteiger partial charge is 0.320 e. The molecule has 15 heavy (non-hydrogen) atoms. The van der Waals surface area contributed by atoms with Gasteiger partial charge in [0.25, 0.3) is 0 Å². The van der Waals surface area contributed by atoms with Crippen LogP contribution < -0.4 is 0 Å². The Hall–Kier alpha value is -1.06. The van der Waals surface area contributed by atoms with Gasteiger partial charge in [-0.25, -0.2) is 0 Å². The van der Waals surface area contributed by atoms with Crippen molar-refractivity contribution in [3.05, 3.63) is 0 Å². The van der Waals surface area contributed by atoms with E-state index in [1.165, 1.54) is 14.2 Å². The standard InChI is InChI=1S/C11H18O4/c1-11(2)6-7(11)5-8(9(12)14-3)10(13)15-4/h7-8H,5-6H2,1-4H3. The summed E-state index contributed by atoms with van der Waals surface area (Å²) in [6, 6.07) is 0. The average molecular weight is 214 g/mol. The van der Waals surface area contributed by atoms with Crippen molar-refractivity contribution in [3.63, 3.8) is 0 Å². The third kappa shape index (κ3) is 2.70. The van der Waals surface area contributed by atoms with Crippen LogP contribution in [0.5, 0.6) is 0 Å². The van der Waals surface area contributed by atoms with Gasteiger partial charge in [-0.1, -0.05) is 13.8 Å². The highest BCUT2D eigenvalue weighted by Gasteiger charge is 2.48. The molecule has 1 atom stereocenters. The second-order valence-corrected chi connectivity index (χ2v) is 4.72. The summed E-state index contributed by atoms with van der Waals surface area (Å²) in [6.45, 7) is 4.26. The molecule has 1 rings (SSSR count). The van der Waals surface area contributed by atoms with E-state index in [1.807, 2.05) is 0 Å². The number of hydrogen-bond donors (Lipinski definition) is 0. The van der Waals surface area contributed by atoms with E-state index < -0.39 is 17.9 Å². The van der Waals surface area contributed by atoms with Crippen molar-refractivity contribution in [1.82, 2.24) is 0 Å². The third-order valence-electron chi connectivity index (χ3n) is 3.21. The van der Waals surface area contributed by atoms with Crippen molar-refractivity contribution in [1.29, 1.82) is 0 Å². The number of hydrogen-bond acceptors (Lipinski definition) is 4. The Kier molecular flexibility index (Phi) is 3.37. The molecule has 1 saturated carbocycles. The first-order chi connectivity index (χ1) is 6.92. The average Bonchev–Trinajstić information content (AvgIpc) is 2.80. The third-order valence-corrected chi connectivity index (χ3v) is 3.21. The molecule has 0 aromatic carbocycles. The van der Waals surface area contributed by atoms with Crippen LogP contribution in [0.1, 0.15) is 26.7 Å². The van der Waals surface area contributed by atoms with Crippen LogP contribution in [0.3, 0.4) is 0 Å². The van der Waals surface area contributed by atoms with Crippen LogP contribution in [-0.2, 0) is 19.1 Å². The summed E-state index contributed by atoms with van der Waals surface area (Å²) in [5.41, 5.74) is 0.250. The maximum atomic E-state index is 11.4. The van der Waals surface area contributed by atoms with Crippen LogP contribution in [0.4, 0.5) is 0 Å². The molecule has 0 bridgehead atoms. The molecule has 0 aliphatic heterocycles. The molecule has 0 heterocycles. The summed E-state index contributed by atoms with van der Waals surface area (Å²) < 4.78 is 9.18. The Labute approximate surface area is 89.9 Å². The van der Waals surface area contributed by atoms with Crippen molar-refractivity contribution in [2.45, 2.75) is 26.7 Å². The molecule has 0 saturated heterocycles. The van der Waals surface area contributed by atoms with Gasteiger partial charge in [0.1, 0.15) is 0 Å². The van der Waals surface area contributed by atoms with Crippen LogP contribution in [0, 0.1) is 17.3 Å². The lowest BCUT2D eigenvalue weighted by Gasteiger charge is -2.12. The van der Waals surface area contributed by atoms with E-state index in [9.17, 15) is 9.59 Å². The minimum Gasteiger partial charge on any atom is -0.468 e. The molecule has 4 nitrogen and oxygen atoms in total. The fraction of sp³-hybridized carbons (Fsp3) is 0.818. The summed E-state index contributed by atoms with van der Waals surface area (Å²) in [6.07, 6.45) is 1.59. The van der Waals surface area contributed by atoms with Gasteiger partial charge in [-0.05, 0) is 24.2 Å². The number of ether oxygens (including phenoxy) is 2. The number of carbonyl (C=O) groups is 2. The first kappa shape index (κ1) is 12.0. The molecule has 0 radical (unpaired) electrons. The molecule has 0 aromatic rings. The summed E-state index contributed by atoms with van der Waals surface area (Å²) in [4.78, 5) is 22.7. The second kappa shape index (κ2) is 4.21. The Morgan fingerprint density at radius 1 is 1.27 bits per heavy atom. The van der Waals surface area contributed by atoms with E-state index in [1.54, 1.807) is 0 Å².